The number of anilines is 1. The van der Waals surface area contributed by atoms with Gasteiger partial charge in [-0.05, 0) is 32.9 Å². The predicted molar refractivity (Wildman–Crippen MR) is 105 cm³/mol. The van der Waals surface area contributed by atoms with Crippen LogP contribution in [0.4, 0.5) is 10.5 Å². The summed E-state index contributed by atoms with van der Waals surface area (Å²) in [5, 5.41) is 7.55. The minimum Gasteiger partial charge on any atom is -0.491 e. The Morgan fingerprint density at radius 1 is 1.33 bits per heavy atom. The number of nitrogens with one attached hydrogen (secondary N) is 3. The average molecular weight is 373 g/mol. The van der Waals surface area contributed by atoms with Gasteiger partial charge >= 0.3 is 6.03 Å². The van der Waals surface area contributed by atoms with E-state index in [0.717, 1.165) is 24.5 Å². The zero-order chi connectivity index (χ0) is 20.0. The molecule has 0 unspecified atom stereocenters. The highest BCUT2D eigenvalue weighted by atomic mass is 16.5. The van der Waals surface area contributed by atoms with E-state index in [1.165, 1.54) is 0 Å². The van der Waals surface area contributed by atoms with E-state index in [4.69, 9.17) is 10.5 Å². The molecule has 146 valence electrons. The van der Waals surface area contributed by atoms with Crippen molar-refractivity contribution < 1.29 is 14.3 Å². The van der Waals surface area contributed by atoms with Crippen molar-refractivity contribution in [2.45, 2.75) is 26.8 Å². The second-order valence-corrected chi connectivity index (χ2v) is 6.20. The van der Waals surface area contributed by atoms with Gasteiger partial charge in [0.2, 0.25) is 0 Å². The van der Waals surface area contributed by atoms with E-state index in [2.05, 4.69) is 41.3 Å². The van der Waals surface area contributed by atoms with Crippen LogP contribution in [0.1, 0.15) is 20.8 Å². The lowest BCUT2D eigenvalue weighted by atomic mass is 10.2. The molecule has 0 saturated carbocycles. The van der Waals surface area contributed by atoms with E-state index >= 15 is 0 Å². The molecule has 2 rings (SSSR count). The largest absolute Gasteiger partial charge is 0.491 e. The fourth-order valence-electron chi connectivity index (χ4n) is 2.66. The number of urea groups is 1. The highest BCUT2D eigenvalue weighted by molar-refractivity contribution is 6.00. The van der Waals surface area contributed by atoms with E-state index in [9.17, 15) is 9.59 Å². The van der Waals surface area contributed by atoms with Crippen LogP contribution in [0.3, 0.4) is 0 Å². The lowest BCUT2D eigenvalue weighted by Gasteiger charge is -2.23. The molecule has 8 nitrogen and oxygen atoms in total. The molecular formula is C19H27N5O3. The molecule has 1 aromatic carbocycles. The van der Waals surface area contributed by atoms with Crippen LogP contribution in [0.5, 0.6) is 5.75 Å². The van der Waals surface area contributed by atoms with Crippen LogP contribution in [0.2, 0.25) is 0 Å². The molecule has 1 aliphatic rings. The van der Waals surface area contributed by atoms with Gasteiger partial charge in [0.05, 0.1) is 17.4 Å². The fourth-order valence-corrected chi connectivity index (χ4v) is 2.66. The highest BCUT2D eigenvalue weighted by Gasteiger charge is 2.24. The van der Waals surface area contributed by atoms with E-state index in [-0.39, 0.29) is 29.7 Å². The van der Waals surface area contributed by atoms with Gasteiger partial charge < -0.3 is 31.3 Å². The second kappa shape index (κ2) is 8.98. The lowest BCUT2D eigenvalue weighted by Crippen LogP contribution is -2.49. The molecule has 0 radical (unpaired) electrons. The molecule has 0 spiro atoms. The number of carbonyl (C=O) groups excluding carboxylic acids is 2. The van der Waals surface area contributed by atoms with Crippen molar-refractivity contribution in [1.29, 1.82) is 0 Å². The van der Waals surface area contributed by atoms with E-state index in [1.807, 2.05) is 24.3 Å². The van der Waals surface area contributed by atoms with Gasteiger partial charge in [0.15, 0.2) is 0 Å². The Hall–Kier alpha value is -3.16. The zero-order valence-electron chi connectivity index (χ0n) is 16.0. The molecule has 0 aliphatic carbocycles. The van der Waals surface area contributed by atoms with Gasteiger partial charge in [-0.1, -0.05) is 12.6 Å². The van der Waals surface area contributed by atoms with E-state index in [0.29, 0.717) is 0 Å². The van der Waals surface area contributed by atoms with Gasteiger partial charge in [-0.15, -0.1) is 0 Å². The average Bonchev–Trinajstić information content (AvgIpc) is 2.64. The normalized spacial score (nSPS) is 14.9. The molecule has 0 saturated heterocycles. The van der Waals surface area contributed by atoms with Gasteiger partial charge in [-0.2, -0.15) is 0 Å². The van der Waals surface area contributed by atoms with Gasteiger partial charge in [0.1, 0.15) is 18.1 Å². The molecule has 0 aromatic heterocycles. The zero-order valence-corrected chi connectivity index (χ0v) is 16.0. The standard InChI is InChI=1S/C19H27N5O3/c1-5-24(6-2)14-8-7-9-15(10-14)27-11-12(3)21-18(25)17-16(20)13(4)22-19(26)23-17/h7-10,12H,4-6,11,20H2,1-3H3,(H,21,25)(H2,22,23,26)/t12-/m1/s1. The Morgan fingerprint density at radius 3 is 2.70 bits per heavy atom. The Labute approximate surface area is 159 Å². The fraction of sp³-hybridized carbons (Fsp3) is 0.368. The van der Waals surface area contributed by atoms with Crippen molar-refractivity contribution >= 4 is 17.6 Å². The first-order chi connectivity index (χ1) is 12.8. The number of hydrogen-bond donors (Lipinski definition) is 4. The predicted octanol–water partition coefficient (Wildman–Crippen LogP) is 1.41. The third-order valence-electron chi connectivity index (χ3n) is 4.15. The first-order valence-electron chi connectivity index (χ1n) is 8.91. The summed E-state index contributed by atoms with van der Waals surface area (Å²) in [6, 6.07) is 6.98. The van der Waals surface area contributed by atoms with Gasteiger partial charge in [0, 0.05) is 24.8 Å². The molecule has 1 aromatic rings. The van der Waals surface area contributed by atoms with Crippen molar-refractivity contribution in [3.05, 3.63) is 47.9 Å². The minimum atomic E-state index is -0.545. The number of hydrogen-bond acceptors (Lipinski definition) is 5. The molecular weight excluding hydrogens is 346 g/mol. The van der Waals surface area contributed by atoms with Gasteiger partial charge in [-0.3, -0.25) is 4.79 Å². The SMILES string of the molecule is C=C1NC(=O)NC(C(=O)N[C@H](C)COc2cccc(N(CC)CC)c2)=C1N. The minimum absolute atomic E-state index is 0.0147. The Morgan fingerprint density at radius 2 is 2.04 bits per heavy atom. The first-order valence-corrected chi connectivity index (χ1v) is 8.91. The van der Waals surface area contributed by atoms with Crippen molar-refractivity contribution in [2.75, 3.05) is 24.6 Å². The Balaban J connectivity index is 1.95. The quantitative estimate of drug-likeness (QED) is 0.551. The summed E-state index contributed by atoms with van der Waals surface area (Å²) in [6.45, 7) is 11.7. The van der Waals surface area contributed by atoms with Crippen LogP contribution in [-0.4, -0.2) is 37.7 Å². The van der Waals surface area contributed by atoms with Gasteiger partial charge in [-0.25, -0.2) is 4.79 Å². The van der Waals surface area contributed by atoms with Crippen molar-refractivity contribution in [2.24, 2.45) is 5.73 Å². The molecule has 8 heteroatoms. The van der Waals surface area contributed by atoms with Crippen LogP contribution in [0, 0.1) is 0 Å². The third kappa shape index (κ3) is 5.16. The Bertz CT molecular complexity index is 755. The summed E-state index contributed by atoms with van der Waals surface area (Å²) in [5.41, 5.74) is 7.17. The summed E-state index contributed by atoms with van der Waals surface area (Å²) < 4.78 is 5.80. The van der Waals surface area contributed by atoms with Crippen molar-refractivity contribution in [1.82, 2.24) is 16.0 Å². The number of benzene rings is 1. The second-order valence-electron chi connectivity index (χ2n) is 6.20. The van der Waals surface area contributed by atoms with Crippen LogP contribution in [0.15, 0.2) is 47.9 Å². The molecule has 1 atom stereocenters. The lowest BCUT2D eigenvalue weighted by molar-refractivity contribution is -0.118. The summed E-state index contributed by atoms with van der Waals surface area (Å²) >= 11 is 0. The van der Waals surface area contributed by atoms with Crippen LogP contribution in [-0.2, 0) is 4.79 Å². The summed E-state index contributed by atoms with van der Waals surface area (Å²) in [4.78, 5) is 26.1. The molecule has 1 heterocycles. The highest BCUT2D eigenvalue weighted by Crippen LogP contribution is 2.21. The maximum atomic E-state index is 12.3. The molecule has 0 fully saturated rings. The molecule has 5 N–H and O–H groups in total. The molecule has 0 bridgehead atoms. The smallest absolute Gasteiger partial charge is 0.323 e. The maximum absolute atomic E-state index is 12.3. The van der Waals surface area contributed by atoms with E-state index < -0.39 is 11.9 Å². The number of carbonyl (C=O) groups is 2. The van der Waals surface area contributed by atoms with Crippen molar-refractivity contribution in [3.63, 3.8) is 0 Å². The molecule has 1 aliphatic heterocycles. The van der Waals surface area contributed by atoms with Crippen LogP contribution in [0.25, 0.3) is 0 Å². The number of nitrogens with two attached hydrogens (primary N) is 1. The van der Waals surface area contributed by atoms with Gasteiger partial charge in [0.25, 0.3) is 5.91 Å². The van der Waals surface area contributed by atoms with E-state index in [1.54, 1.807) is 6.92 Å². The maximum Gasteiger partial charge on any atom is 0.323 e. The number of rotatable bonds is 8. The topological polar surface area (TPSA) is 109 Å². The number of nitrogens with zero attached hydrogens (tertiary/aromatic N) is 1. The third-order valence-corrected chi connectivity index (χ3v) is 4.15. The van der Waals surface area contributed by atoms with Crippen molar-refractivity contribution in [3.8, 4) is 5.75 Å². The monoisotopic (exact) mass is 373 g/mol. The summed E-state index contributed by atoms with van der Waals surface area (Å²) in [7, 11) is 0. The first kappa shape index (κ1) is 20.2. The molecule has 3 amide bonds. The number of amides is 3. The summed E-state index contributed by atoms with van der Waals surface area (Å²) in [6.07, 6.45) is 0. The summed E-state index contributed by atoms with van der Waals surface area (Å²) in [5.74, 6) is 0.235. The number of ether oxygens (including phenoxy) is 1. The molecule has 27 heavy (non-hydrogen) atoms. The van der Waals surface area contributed by atoms with Crippen LogP contribution >= 0.6 is 0 Å². The Kier molecular flexibility index (Phi) is 6.70. The van der Waals surface area contributed by atoms with Crippen LogP contribution < -0.4 is 31.3 Å².